The van der Waals surface area contributed by atoms with E-state index < -0.39 is 22.9 Å². The summed E-state index contributed by atoms with van der Waals surface area (Å²) in [4.78, 5) is 0. The zero-order chi connectivity index (χ0) is 10.2. The average molecular weight is 230 g/mol. The van der Waals surface area contributed by atoms with Crippen LogP contribution in [-0.4, -0.2) is 22.9 Å². The van der Waals surface area contributed by atoms with Crippen LogP contribution in [0.3, 0.4) is 0 Å². The maximum atomic E-state index is 11.6. The summed E-state index contributed by atoms with van der Waals surface area (Å²) in [5, 5.41) is -5.58. The van der Waals surface area contributed by atoms with E-state index >= 15 is 0 Å². The molecule has 0 aromatic heterocycles. The maximum absolute atomic E-state index is 11.6. The number of alkyl halides is 6. The molecule has 2 unspecified atom stereocenters. The third-order valence-electron chi connectivity index (χ3n) is 0.970. The third-order valence-corrected chi connectivity index (χ3v) is 2.39. The number of thiol groups is 2. The highest BCUT2D eigenvalue weighted by Gasteiger charge is 2.51. The number of rotatable bonds is 1. The molecule has 0 aliphatic carbocycles. The summed E-state index contributed by atoms with van der Waals surface area (Å²) in [6, 6.07) is 0. The SMILES string of the molecule is FC(F)(F)C(S)C(S)C(F)(F)F. The first-order valence-electron chi connectivity index (χ1n) is 2.56. The van der Waals surface area contributed by atoms with Gasteiger partial charge in [0.15, 0.2) is 0 Å². The van der Waals surface area contributed by atoms with Gasteiger partial charge in [-0.3, -0.25) is 0 Å². The van der Waals surface area contributed by atoms with Gasteiger partial charge in [-0.25, -0.2) is 0 Å². The van der Waals surface area contributed by atoms with E-state index in [-0.39, 0.29) is 0 Å². The largest absolute Gasteiger partial charge is 0.401 e. The first-order chi connectivity index (χ1) is 5.07. The molecule has 0 spiro atoms. The molecule has 12 heavy (non-hydrogen) atoms. The van der Waals surface area contributed by atoms with Gasteiger partial charge in [-0.2, -0.15) is 51.6 Å². The van der Waals surface area contributed by atoms with E-state index in [0.717, 1.165) is 0 Å². The smallest absolute Gasteiger partial charge is 0.170 e. The van der Waals surface area contributed by atoms with Gasteiger partial charge in [0, 0.05) is 0 Å². The minimum Gasteiger partial charge on any atom is -0.170 e. The van der Waals surface area contributed by atoms with Crippen LogP contribution in [0.15, 0.2) is 0 Å². The Bertz CT molecular complexity index is 131. The molecule has 0 aromatic carbocycles. The lowest BCUT2D eigenvalue weighted by atomic mass is 10.3. The minimum absolute atomic E-state index is 2.78. The fourth-order valence-corrected chi connectivity index (χ4v) is 0.696. The van der Waals surface area contributed by atoms with E-state index in [1.165, 1.54) is 0 Å². The summed E-state index contributed by atoms with van der Waals surface area (Å²) >= 11 is 5.56. The van der Waals surface area contributed by atoms with Gasteiger partial charge in [0.2, 0.25) is 0 Å². The van der Waals surface area contributed by atoms with Crippen LogP contribution in [0.4, 0.5) is 26.3 Å². The highest BCUT2D eigenvalue weighted by atomic mass is 32.1. The fraction of sp³-hybridized carbons (Fsp3) is 1.00. The highest BCUT2D eigenvalue weighted by Crippen LogP contribution is 2.37. The van der Waals surface area contributed by atoms with E-state index in [1.54, 1.807) is 0 Å². The highest BCUT2D eigenvalue weighted by molar-refractivity contribution is 7.85. The summed E-state index contributed by atoms with van der Waals surface area (Å²) in [7, 11) is 0. The molecule has 0 bridgehead atoms. The molecule has 0 saturated carbocycles. The quantitative estimate of drug-likeness (QED) is 0.502. The molecule has 0 aromatic rings. The molecule has 0 fully saturated rings. The van der Waals surface area contributed by atoms with Gasteiger partial charge in [0.1, 0.15) is 10.5 Å². The van der Waals surface area contributed by atoms with Crippen molar-refractivity contribution in [3.8, 4) is 0 Å². The Balaban J connectivity index is 4.41. The second-order valence-electron chi connectivity index (χ2n) is 1.97. The predicted octanol–water partition coefficient (Wildman–Crippen LogP) is 2.71. The molecule has 2 atom stereocenters. The van der Waals surface area contributed by atoms with Crippen LogP contribution < -0.4 is 0 Å². The Morgan fingerprint density at radius 1 is 0.667 bits per heavy atom. The minimum atomic E-state index is -4.99. The molecule has 0 amide bonds. The first-order valence-corrected chi connectivity index (χ1v) is 3.59. The monoisotopic (exact) mass is 230 g/mol. The Hall–Kier alpha value is 0.280. The third kappa shape index (κ3) is 3.34. The van der Waals surface area contributed by atoms with Crippen molar-refractivity contribution in [1.29, 1.82) is 0 Å². The van der Waals surface area contributed by atoms with Crippen molar-refractivity contribution in [2.24, 2.45) is 0 Å². The van der Waals surface area contributed by atoms with Crippen LogP contribution in [0.2, 0.25) is 0 Å². The van der Waals surface area contributed by atoms with Crippen molar-refractivity contribution in [3.05, 3.63) is 0 Å². The van der Waals surface area contributed by atoms with Crippen molar-refractivity contribution in [3.63, 3.8) is 0 Å². The summed E-state index contributed by atoms with van der Waals surface area (Å²) in [5.41, 5.74) is 0. The number of hydrogen-bond donors (Lipinski definition) is 2. The van der Waals surface area contributed by atoms with Gasteiger partial charge in [0.25, 0.3) is 0 Å². The summed E-state index contributed by atoms with van der Waals surface area (Å²) < 4.78 is 69.6. The van der Waals surface area contributed by atoms with Gasteiger partial charge in [0.05, 0.1) is 0 Å². The average Bonchev–Trinajstić information content (AvgIpc) is 1.80. The van der Waals surface area contributed by atoms with E-state index in [9.17, 15) is 26.3 Å². The lowest BCUT2D eigenvalue weighted by molar-refractivity contribution is -0.172. The molecule has 0 aliphatic rings. The maximum Gasteiger partial charge on any atom is 0.401 e. The summed E-state index contributed by atoms with van der Waals surface area (Å²) in [5.74, 6) is 0. The van der Waals surface area contributed by atoms with Crippen LogP contribution in [0.5, 0.6) is 0 Å². The van der Waals surface area contributed by atoms with Gasteiger partial charge in [-0.15, -0.1) is 0 Å². The molecule has 0 nitrogen and oxygen atoms in total. The molecule has 0 saturated heterocycles. The van der Waals surface area contributed by atoms with Gasteiger partial charge in [-0.05, 0) is 0 Å². The van der Waals surface area contributed by atoms with E-state index in [2.05, 4.69) is 25.3 Å². The molecule has 0 heterocycles. The van der Waals surface area contributed by atoms with Crippen molar-refractivity contribution >= 4 is 25.3 Å². The molecular weight excluding hydrogens is 226 g/mol. The molecule has 0 radical (unpaired) electrons. The second-order valence-corrected chi connectivity index (χ2v) is 3.09. The van der Waals surface area contributed by atoms with Crippen molar-refractivity contribution < 1.29 is 26.3 Å². The van der Waals surface area contributed by atoms with Crippen LogP contribution in [0, 0.1) is 0 Å². The van der Waals surface area contributed by atoms with Crippen LogP contribution in [-0.2, 0) is 0 Å². The van der Waals surface area contributed by atoms with E-state index in [4.69, 9.17) is 0 Å². The van der Waals surface area contributed by atoms with Gasteiger partial charge < -0.3 is 0 Å². The predicted molar refractivity (Wildman–Crippen MR) is 37.7 cm³/mol. The standard InChI is InChI=1S/C4H4F6S2/c5-3(6,7)1(11)2(12)4(8,9)10/h1-2,11-12H. The normalized spacial score (nSPS) is 19.0. The Morgan fingerprint density at radius 3 is 0.917 bits per heavy atom. The molecule has 8 heteroatoms. The van der Waals surface area contributed by atoms with E-state index in [0.29, 0.717) is 0 Å². The molecule has 74 valence electrons. The fourth-order valence-electron chi connectivity index (χ4n) is 0.358. The summed E-state index contributed by atoms with van der Waals surface area (Å²) in [6.45, 7) is 0. The van der Waals surface area contributed by atoms with Crippen molar-refractivity contribution in [2.45, 2.75) is 22.9 Å². The molecule has 0 aliphatic heterocycles. The number of halogens is 6. The molecule has 0 N–H and O–H groups in total. The Labute approximate surface area is 75.1 Å². The van der Waals surface area contributed by atoms with Crippen molar-refractivity contribution in [2.75, 3.05) is 0 Å². The topological polar surface area (TPSA) is 0 Å². The zero-order valence-electron chi connectivity index (χ0n) is 5.32. The lowest BCUT2D eigenvalue weighted by Gasteiger charge is -2.22. The van der Waals surface area contributed by atoms with Crippen LogP contribution in [0.1, 0.15) is 0 Å². The zero-order valence-corrected chi connectivity index (χ0v) is 7.11. The molecular formula is C4H4F6S2. The van der Waals surface area contributed by atoms with Gasteiger partial charge >= 0.3 is 12.4 Å². The Morgan fingerprint density at radius 2 is 0.833 bits per heavy atom. The van der Waals surface area contributed by atoms with Crippen LogP contribution in [0.25, 0.3) is 0 Å². The number of hydrogen-bond acceptors (Lipinski definition) is 2. The van der Waals surface area contributed by atoms with E-state index in [1.807, 2.05) is 0 Å². The molecule has 0 rings (SSSR count). The van der Waals surface area contributed by atoms with Crippen LogP contribution >= 0.6 is 25.3 Å². The van der Waals surface area contributed by atoms with Gasteiger partial charge in [-0.1, -0.05) is 0 Å². The van der Waals surface area contributed by atoms with Crippen molar-refractivity contribution in [1.82, 2.24) is 0 Å². The summed E-state index contributed by atoms with van der Waals surface area (Å²) in [6.07, 6.45) is -9.99. The second kappa shape index (κ2) is 3.57. The lowest BCUT2D eigenvalue weighted by Crippen LogP contribution is -2.41. The first kappa shape index (κ1) is 12.3. The Kier molecular flexibility index (Phi) is 3.65.